The smallest absolute Gasteiger partial charge is 0.323 e. The third kappa shape index (κ3) is 6.49. The summed E-state index contributed by atoms with van der Waals surface area (Å²) in [4.78, 5) is 34.0. The Morgan fingerprint density at radius 1 is 0.658 bits per heavy atom. The van der Waals surface area contributed by atoms with Gasteiger partial charge in [-0.05, 0) is 74.5 Å². The van der Waals surface area contributed by atoms with E-state index in [1.54, 1.807) is 36.4 Å². The molecule has 2 aliphatic rings. The average molecular weight is 532 g/mol. The number of benzene rings is 3. The van der Waals surface area contributed by atoms with E-state index in [9.17, 15) is 9.59 Å². The van der Waals surface area contributed by atoms with Crippen molar-refractivity contribution in [3.63, 3.8) is 0 Å². The first kappa shape index (κ1) is 26.7. The van der Waals surface area contributed by atoms with Crippen LogP contribution in [0.5, 0.6) is 0 Å². The van der Waals surface area contributed by atoms with E-state index in [-0.39, 0.29) is 24.3 Å². The fourth-order valence-electron chi connectivity index (χ4n) is 4.08. The molecule has 2 aliphatic heterocycles. The summed E-state index contributed by atoms with van der Waals surface area (Å²) in [7, 11) is 0. The maximum Gasteiger partial charge on any atom is 0.323 e. The fraction of sp³-hybridized carbons (Fsp3) is 0.214. The zero-order valence-corrected chi connectivity index (χ0v) is 21.9. The third-order valence-electron chi connectivity index (χ3n) is 6.05. The van der Waals surface area contributed by atoms with Gasteiger partial charge < -0.3 is 26.6 Å². The van der Waals surface area contributed by atoms with Crippen molar-refractivity contribution in [2.75, 3.05) is 29.0 Å². The fourth-order valence-corrected chi connectivity index (χ4v) is 4.08. The number of hydrogen-bond donors (Lipinski definition) is 5. The lowest BCUT2D eigenvalue weighted by atomic mass is 10.1. The summed E-state index contributed by atoms with van der Waals surface area (Å²) in [5.41, 5.74) is 4.40. The summed E-state index contributed by atoms with van der Waals surface area (Å²) >= 11 is 0. The van der Waals surface area contributed by atoms with E-state index in [1.165, 1.54) is 0 Å². The van der Waals surface area contributed by atoms with E-state index in [2.05, 4.69) is 50.4 Å². The molecule has 2 atom stereocenters. The lowest BCUT2D eigenvalue weighted by Crippen LogP contribution is -2.27. The van der Waals surface area contributed by atoms with Crippen molar-refractivity contribution < 1.29 is 9.59 Å². The van der Waals surface area contributed by atoms with Crippen LogP contribution < -0.4 is 26.6 Å². The van der Waals surface area contributed by atoms with Gasteiger partial charge in [-0.2, -0.15) is 0 Å². The van der Waals surface area contributed by atoms with Crippen molar-refractivity contribution in [1.82, 2.24) is 10.6 Å². The molecule has 0 radical (unpaired) electrons. The Morgan fingerprint density at radius 3 is 1.47 bits per heavy atom. The van der Waals surface area contributed by atoms with E-state index in [1.807, 2.05) is 36.4 Å². The van der Waals surface area contributed by atoms with Crippen LogP contribution in [-0.2, 0) is 0 Å². The van der Waals surface area contributed by atoms with Gasteiger partial charge in [-0.3, -0.25) is 14.8 Å². The maximum atomic E-state index is 12.6. The number of urea groups is 1. The van der Waals surface area contributed by atoms with Gasteiger partial charge in [0.25, 0.3) is 5.91 Å². The highest BCUT2D eigenvalue weighted by Crippen LogP contribution is 2.17. The Balaban J connectivity index is 0.00000336. The second-order valence-corrected chi connectivity index (χ2v) is 9.23. The van der Waals surface area contributed by atoms with Gasteiger partial charge in [0.2, 0.25) is 0 Å². The lowest BCUT2D eigenvalue weighted by molar-refractivity contribution is 0.102. The van der Waals surface area contributed by atoms with Gasteiger partial charge in [-0.15, -0.1) is 12.4 Å². The second-order valence-electron chi connectivity index (χ2n) is 9.23. The molecule has 0 bridgehead atoms. The third-order valence-corrected chi connectivity index (χ3v) is 6.05. The van der Waals surface area contributed by atoms with Crippen molar-refractivity contribution >= 4 is 53.1 Å². The molecular weight excluding hydrogens is 502 g/mol. The SMILES string of the molecule is CC1CN=C(c2ccc(NC(=O)Nc3ccc(NC(=O)c4ccc(C5=NCC(C)N5)cc4)cc3)cc2)N1.Cl. The van der Waals surface area contributed by atoms with E-state index in [4.69, 9.17) is 0 Å². The Labute approximate surface area is 227 Å². The number of hydrogen-bond acceptors (Lipinski definition) is 6. The number of aliphatic imine (C=N–C) groups is 2. The molecule has 2 heterocycles. The van der Waals surface area contributed by atoms with Crippen LogP contribution in [0.1, 0.15) is 35.3 Å². The number of nitrogens with one attached hydrogen (secondary N) is 5. The van der Waals surface area contributed by atoms with Gasteiger partial charge in [-0.1, -0.05) is 12.1 Å². The minimum atomic E-state index is -0.356. The van der Waals surface area contributed by atoms with E-state index in [0.29, 0.717) is 34.7 Å². The van der Waals surface area contributed by atoms with Crippen molar-refractivity contribution in [3.05, 3.63) is 89.5 Å². The molecule has 0 aromatic heterocycles. The largest absolute Gasteiger partial charge is 0.366 e. The molecule has 3 amide bonds. The summed E-state index contributed by atoms with van der Waals surface area (Å²) < 4.78 is 0. The van der Waals surface area contributed by atoms with Gasteiger partial charge in [0, 0.05) is 45.8 Å². The molecule has 0 fully saturated rings. The summed E-state index contributed by atoms with van der Waals surface area (Å²) in [5.74, 6) is 1.52. The van der Waals surface area contributed by atoms with Crippen LogP contribution in [0, 0.1) is 0 Å². The molecule has 38 heavy (non-hydrogen) atoms. The number of anilines is 3. The highest BCUT2D eigenvalue weighted by molar-refractivity contribution is 6.06. The molecule has 196 valence electrons. The minimum Gasteiger partial charge on any atom is -0.366 e. The van der Waals surface area contributed by atoms with Gasteiger partial charge in [0.05, 0.1) is 13.1 Å². The number of rotatable bonds is 6. The predicted molar refractivity (Wildman–Crippen MR) is 155 cm³/mol. The van der Waals surface area contributed by atoms with Crippen molar-refractivity contribution in [2.24, 2.45) is 9.98 Å². The summed E-state index contributed by atoms with van der Waals surface area (Å²) in [6.45, 7) is 5.68. The van der Waals surface area contributed by atoms with Crippen molar-refractivity contribution in [2.45, 2.75) is 25.9 Å². The molecule has 10 heteroatoms. The molecule has 2 unspecified atom stereocenters. The quantitative estimate of drug-likeness (QED) is 0.322. The van der Waals surface area contributed by atoms with Gasteiger partial charge >= 0.3 is 6.03 Å². The number of amides is 3. The highest BCUT2D eigenvalue weighted by Gasteiger charge is 2.16. The number of amidine groups is 2. The van der Waals surface area contributed by atoms with Crippen LogP contribution in [0.25, 0.3) is 0 Å². The van der Waals surface area contributed by atoms with Crippen LogP contribution in [0.15, 0.2) is 82.8 Å². The normalized spacial score (nSPS) is 17.7. The first-order chi connectivity index (χ1) is 17.9. The maximum absolute atomic E-state index is 12.6. The molecular formula is C28H30ClN7O2. The Bertz CT molecular complexity index is 1350. The van der Waals surface area contributed by atoms with E-state index >= 15 is 0 Å². The number of halogens is 1. The first-order valence-corrected chi connectivity index (χ1v) is 12.3. The van der Waals surface area contributed by atoms with Gasteiger partial charge in [0.1, 0.15) is 11.7 Å². The van der Waals surface area contributed by atoms with Crippen LogP contribution in [0.2, 0.25) is 0 Å². The highest BCUT2D eigenvalue weighted by atomic mass is 35.5. The van der Waals surface area contributed by atoms with Crippen LogP contribution in [0.4, 0.5) is 21.9 Å². The number of carbonyl (C=O) groups is 2. The average Bonchev–Trinajstić information content (AvgIpc) is 3.54. The standard InChI is InChI=1S/C28H29N7O2.ClH/c1-17-15-29-25(31-17)19-3-5-21(6-4-19)27(36)33-22-11-13-24(14-12-22)35-28(37)34-23-9-7-20(8-10-23)26-30-16-18(2)32-26;/h3-14,17-18H,15-16H2,1-2H3,(H,29,31)(H,30,32)(H,33,36)(H2,34,35,37);1H. The molecule has 5 N–H and O–H groups in total. The second kappa shape index (κ2) is 11.8. The molecule has 3 aromatic rings. The topological polar surface area (TPSA) is 119 Å². The molecule has 5 rings (SSSR count). The summed E-state index contributed by atoms with van der Waals surface area (Å²) in [6.07, 6.45) is 0. The molecule has 3 aromatic carbocycles. The molecule has 0 saturated heterocycles. The predicted octanol–water partition coefficient (Wildman–Crippen LogP) is 4.48. The molecule has 0 saturated carbocycles. The van der Waals surface area contributed by atoms with Gasteiger partial charge in [-0.25, -0.2) is 4.79 Å². The van der Waals surface area contributed by atoms with E-state index in [0.717, 1.165) is 35.9 Å². The Kier molecular flexibility index (Phi) is 8.28. The Morgan fingerprint density at radius 2 is 1.05 bits per heavy atom. The van der Waals surface area contributed by atoms with Crippen LogP contribution in [-0.4, -0.2) is 48.8 Å². The van der Waals surface area contributed by atoms with Crippen molar-refractivity contribution in [3.8, 4) is 0 Å². The van der Waals surface area contributed by atoms with Crippen LogP contribution in [0.3, 0.4) is 0 Å². The molecule has 0 spiro atoms. The summed E-state index contributed by atoms with van der Waals surface area (Å²) in [5, 5.41) is 15.1. The van der Waals surface area contributed by atoms with Gasteiger partial charge in [0.15, 0.2) is 0 Å². The Hall–Kier alpha value is -4.37. The molecule has 9 nitrogen and oxygen atoms in total. The first-order valence-electron chi connectivity index (χ1n) is 12.3. The minimum absolute atomic E-state index is 0. The zero-order valence-electron chi connectivity index (χ0n) is 21.1. The lowest BCUT2D eigenvalue weighted by Gasteiger charge is -2.11. The number of carbonyl (C=O) groups excluding carboxylic acids is 2. The zero-order chi connectivity index (χ0) is 25.8. The molecule has 0 aliphatic carbocycles. The van der Waals surface area contributed by atoms with E-state index < -0.39 is 0 Å². The summed E-state index contributed by atoms with van der Waals surface area (Å²) in [6, 6.07) is 22.1. The van der Waals surface area contributed by atoms with Crippen LogP contribution >= 0.6 is 12.4 Å². The van der Waals surface area contributed by atoms with Crippen molar-refractivity contribution in [1.29, 1.82) is 0 Å². The number of nitrogens with zero attached hydrogens (tertiary/aromatic N) is 2. The monoisotopic (exact) mass is 531 g/mol.